The molecule has 3 heterocycles. The number of aromatic hydroxyl groups is 1. The van der Waals surface area contributed by atoms with Crippen LogP contribution in [0.15, 0.2) is 53.4 Å². The van der Waals surface area contributed by atoms with Gasteiger partial charge >= 0.3 is 0 Å². The zero-order chi connectivity index (χ0) is 22.3. The number of benzene rings is 1. The summed E-state index contributed by atoms with van der Waals surface area (Å²) in [5, 5.41) is 22.8. The molecule has 2 aromatic rings. The number of aliphatic hydroxyl groups is 1. The van der Waals surface area contributed by atoms with Crippen LogP contribution in [0.5, 0.6) is 11.5 Å². The van der Waals surface area contributed by atoms with E-state index in [-0.39, 0.29) is 17.7 Å². The van der Waals surface area contributed by atoms with Crippen LogP contribution in [-0.2, 0) is 16.6 Å². The van der Waals surface area contributed by atoms with Crippen molar-refractivity contribution in [2.45, 2.75) is 42.0 Å². The Morgan fingerprint density at radius 2 is 2.19 bits per heavy atom. The van der Waals surface area contributed by atoms with Gasteiger partial charge in [0.15, 0.2) is 11.5 Å². The van der Waals surface area contributed by atoms with Gasteiger partial charge in [0.2, 0.25) is 5.91 Å². The zero-order valence-corrected chi connectivity index (χ0v) is 18.1. The Hall–Kier alpha value is -3.03. The number of carbonyl (C=O) groups excluding carboxylic acids is 1. The van der Waals surface area contributed by atoms with Crippen LogP contribution in [-0.4, -0.2) is 70.3 Å². The number of furan rings is 1. The molecule has 1 aromatic carbocycles. The predicted molar refractivity (Wildman–Crippen MR) is 117 cm³/mol. The lowest BCUT2D eigenvalue weighted by atomic mass is 9.50. The van der Waals surface area contributed by atoms with Gasteiger partial charge in [0.25, 0.3) is 0 Å². The summed E-state index contributed by atoms with van der Waals surface area (Å²) in [5.74, 6) is 0.365. The summed E-state index contributed by atoms with van der Waals surface area (Å²) < 4.78 is 11.5. The van der Waals surface area contributed by atoms with Crippen LogP contribution in [0, 0.1) is 0 Å². The highest BCUT2D eigenvalue weighted by molar-refractivity contribution is 5.92. The minimum atomic E-state index is -1.14. The third kappa shape index (κ3) is 2.30. The Morgan fingerprint density at radius 3 is 2.97 bits per heavy atom. The molecule has 1 amide bonds. The van der Waals surface area contributed by atoms with Crippen molar-refractivity contribution in [1.82, 2.24) is 9.80 Å². The van der Waals surface area contributed by atoms with Crippen molar-refractivity contribution in [3.05, 3.63) is 65.6 Å². The minimum absolute atomic E-state index is 0.0832. The van der Waals surface area contributed by atoms with E-state index >= 15 is 0 Å². The molecule has 1 fully saturated rings. The fraction of sp³-hybridized carbons (Fsp3) is 0.400. The first-order chi connectivity index (χ1) is 15.4. The molecule has 1 saturated heterocycles. The van der Waals surface area contributed by atoms with Crippen molar-refractivity contribution in [3.63, 3.8) is 0 Å². The van der Waals surface area contributed by atoms with E-state index in [0.29, 0.717) is 18.6 Å². The molecular weight excluding hydrogens is 408 g/mol. The highest BCUT2D eigenvalue weighted by Crippen LogP contribution is 2.64. The number of likely N-dealkylation sites (N-methyl/N-ethyl adjacent to an activating group) is 2. The minimum Gasteiger partial charge on any atom is -0.504 e. The van der Waals surface area contributed by atoms with Crippen molar-refractivity contribution in [3.8, 4) is 11.5 Å². The maximum absolute atomic E-state index is 13.0. The number of likely N-dealkylation sites (tertiary alicyclic amines) is 1. The second-order valence-electron chi connectivity index (χ2n) is 9.42. The molecule has 6 rings (SSSR count). The van der Waals surface area contributed by atoms with Crippen LogP contribution in [0.4, 0.5) is 0 Å². The van der Waals surface area contributed by atoms with Gasteiger partial charge in [0.05, 0.1) is 24.0 Å². The summed E-state index contributed by atoms with van der Waals surface area (Å²) in [5.41, 5.74) is 0.976. The van der Waals surface area contributed by atoms with Crippen LogP contribution in [0.25, 0.3) is 6.08 Å². The van der Waals surface area contributed by atoms with Crippen LogP contribution in [0.3, 0.4) is 0 Å². The van der Waals surface area contributed by atoms with Gasteiger partial charge in [0.1, 0.15) is 11.7 Å². The van der Waals surface area contributed by atoms with Gasteiger partial charge in [-0.25, -0.2) is 0 Å². The normalized spacial score (nSPS) is 34.4. The van der Waals surface area contributed by atoms with Gasteiger partial charge in [-0.15, -0.1) is 0 Å². The fourth-order valence-electron chi connectivity index (χ4n) is 6.42. The molecule has 2 bridgehead atoms. The molecular formula is C25H26N2O5. The van der Waals surface area contributed by atoms with E-state index in [2.05, 4.69) is 4.90 Å². The van der Waals surface area contributed by atoms with Gasteiger partial charge in [0, 0.05) is 30.3 Å². The molecule has 2 aliphatic heterocycles. The predicted octanol–water partition coefficient (Wildman–Crippen LogP) is 2.09. The van der Waals surface area contributed by atoms with Crippen LogP contribution >= 0.6 is 0 Å². The SMILES string of the molecule is CN(C(=O)/C=C/c1ccoc1)C1C=C[C@@]2(O)[C@H]3Cc4ccc(O)c5c4[C@@]2(CCN3C)C1O5. The van der Waals surface area contributed by atoms with Crippen molar-refractivity contribution in [1.29, 1.82) is 0 Å². The zero-order valence-electron chi connectivity index (χ0n) is 18.1. The number of carbonyl (C=O) groups is 1. The van der Waals surface area contributed by atoms with Crippen molar-refractivity contribution >= 4 is 12.0 Å². The molecule has 1 aromatic heterocycles. The lowest BCUT2D eigenvalue weighted by molar-refractivity contribution is -0.150. The largest absolute Gasteiger partial charge is 0.504 e. The lowest BCUT2D eigenvalue weighted by Gasteiger charge is -2.62. The molecule has 1 spiro atoms. The number of hydrogen-bond acceptors (Lipinski definition) is 6. The monoisotopic (exact) mass is 434 g/mol. The number of rotatable bonds is 3. The Morgan fingerprint density at radius 1 is 1.34 bits per heavy atom. The maximum atomic E-state index is 13.0. The van der Waals surface area contributed by atoms with E-state index in [4.69, 9.17) is 9.15 Å². The number of phenolic OH excluding ortho intramolecular Hbond substituents is 1. The second-order valence-corrected chi connectivity index (χ2v) is 9.42. The third-order valence-corrected chi connectivity index (χ3v) is 8.04. The first-order valence-corrected chi connectivity index (χ1v) is 11.0. The second kappa shape index (κ2) is 6.49. The van der Waals surface area contributed by atoms with Gasteiger partial charge in [-0.1, -0.05) is 18.2 Å². The Kier molecular flexibility index (Phi) is 3.99. The van der Waals surface area contributed by atoms with Crippen LogP contribution in [0.1, 0.15) is 23.1 Å². The number of phenols is 1. The van der Waals surface area contributed by atoms with E-state index in [1.54, 1.807) is 42.7 Å². The molecule has 166 valence electrons. The maximum Gasteiger partial charge on any atom is 0.246 e. The van der Waals surface area contributed by atoms with E-state index < -0.39 is 23.2 Å². The van der Waals surface area contributed by atoms with Crippen molar-refractivity contribution in [2.24, 2.45) is 0 Å². The first-order valence-electron chi connectivity index (χ1n) is 11.0. The van der Waals surface area contributed by atoms with Crippen molar-refractivity contribution < 1.29 is 24.2 Å². The average molecular weight is 434 g/mol. The number of amides is 1. The summed E-state index contributed by atoms with van der Waals surface area (Å²) in [4.78, 5) is 16.9. The Balaban J connectivity index is 1.45. The third-order valence-electron chi connectivity index (χ3n) is 8.04. The molecule has 7 heteroatoms. The van der Waals surface area contributed by atoms with E-state index in [1.807, 2.05) is 25.3 Å². The van der Waals surface area contributed by atoms with E-state index in [9.17, 15) is 15.0 Å². The summed E-state index contributed by atoms with van der Waals surface area (Å²) in [7, 11) is 3.79. The Labute approximate surface area is 186 Å². The standard InChI is InChI=1S/C25H26N2O5/c1-26-11-10-24-21-16-4-5-18(28)22(21)32-23(24)17(7-9-25(24,30)19(26)13-16)27(2)20(29)6-3-15-8-12-31-14-15/h3-9,12,14,17,19,23,28,30H,10-11,13H2,1-2H3/b6-3+/t17?,19-,23?,24+,25-/m1/s1. The summed E-state index contributed by atoms with van der Waals surface area (Å²) in [6, 6.07) is 4.92. The van der Waals surface area contributed by atoms with Crippen LogP contribution in [0.2, 0.25) is 0 Å². The number of hydrogen-bond donors (Lipinski definition) is 2. The van der Waals surface area contributed by atoms with E-state index in [0.717, 1.165) is 23.2 Å². The van der Waals surface area contributed by atoms with Gasteiger partial charge < -0.3 is 24.3 Å². The summed E-state index contributed by atoms with van der Waals surface area (Å²) in [6.07, 6.45) is 11.0. The fourth-order valence-corrected chi connectivity index (χ4v) is 6.42. The molecule has 2 N–H and O–H groups in total. The molecule has 5 atom stereocenters. The molecule has 32 heavy (non-hydrogen) atoms. The molecule has 2 unspecified atom stereocenters. The number of piperidine rings is 1. The molecule has 0 saturated carbocycles. The molecule has 0 radical (unpaired) electrons. The Bertz CT molecular complexity index is 1160. The van der Waals surface area contributed by atoms with Gasteiger partial charge in [-0.2, -0.15) is 0 Å². The number of nitrogens with zero attached hydrogens (tertiary/aromatic N) is 2. The van der Waals surface area contributed by atoms with Crippen LogP contribution < -0.4 is 4.74 Å². The quantitative estimate of drug-likeness (QED) is 0.568. The average Bonchev–Trinajstić information content (AvgIpc) is 3.41. The summed E-state index contributed by atoms with van der Waals surface area (Å²) >= 11 is 0. The molecule has 7 nitrogen and oxygen atoms in total. The highest BCUT2D eigenvalue weighted by atomic mass is 16.5. The smallest absolute Gasteiger partial charge is 0.246 e. The van der Waals surface area contributed by atoms with Gasteiger partial charge in [-0.05, 0) is 50.2 Å². The first kappa shape index (κ1) is 19.6. The van der Waals surface area contributed by atoms with E-state index in [1.165, 1.54) is 6.08 Å². The topological polar surface area (TPSA) is 86.4 Å². The molecule has 2 aliphatic carbocycles. The number of ether oxygens (including phenoxy) is 1. The lowest BCUT2D eigenvalue weighted by Crippen LogP contribution is -2.76. The van der Waals surface area contributed by atoms with Gasteiger partial charge in [-0.3, -0.25) is 9.69 Å². The highest BCUT2D eigenvalue weighted by Gasteiger charge is 2.71. The molecule has 4 aliphatic rings. The summed E-state index contributed by atoms with van der Waals surface area (Å²) in [6.45, 7) is 0.806. The van der Waals surface area contributed by atoms with Crippen molar-refractivity contribution in [2.75, 3.05) is 20.6 Å².